The van der Waals surface area contributed by atoms with Gasteiger partial charge in [-0.1, -0.05) is 26.0 Å². The van der Waals surface area contributed by atoms with E-state index in [9.17, 15) is 8.42 Å². The first-order valence-electron chi connectivity index (χ1n) is 6.66. The minimum Gasteiger partial charge on any atom is -0.387 e. The van der Waals surface area contributed by atoms with Crippen LogP contribution in [-0.2, 0) is 10.0 Å². The van der Waals surface area contributed by atoms with Gasteiger partial charge in [0.2, 0.25) is 10.0 Å². The fourth-order valence-electron chi connectivity index (χ4n) is 1.88. The van der Waals surface area contributed by atoms with Gasteiger partial charge < -0.3 is 5.32 Å². The maximum absolute atomic E-state index is 12.3. The number of rotatable bonds is 7. The van der Waals surface area contributed by atoms with E-state index in [-0.39, 0.29) is 6.04 Å². The standard InChI is InChI=1S/C14H24N2O2S/c1-11(2)9-10-12(3)16-19(17,18)14-8-6-5-7-13(14)15-4/h5-8,11-12,15-16H,9-10H2,1-4H3. The van der Waals surface area contributed by atoms with Crippen LogP contribution < -0.4 is 10.0 Å². The average Bonchev–Trinajstić information content (AvgIpc) is 2.35. The largest absolute Gasteiger partial charge is 0.387 e. The number of para-hydroxylation sites is 1. The highest BCUT2D eigenvalue weighted by molar-refractivity contribution is 7.89. The second kappa shape index (κ2) is 6.91. The predicted molar refractivity (Wildman–Crippen MR) is 79.8 cm³/mol. The van der Waals surface area contributed by atoms with Crippen molar-refractivity contribution in [3.05, 3.63) is 24.3 Å². The van der Waals surface area contributed by atoms with Gasteiger partial charge in [-0.05, 0) is 37.8 Å². The molecule has 0 aliphatic heterocycles. The van der Waals surface area contributed by atoms with Crippen molar-refractivity contribution in [1.29, 1.82) is 0 Å². The Morgan fingerprint density at radius 1 is 1.11 bits per heavy atom. The summed E-state index contributed by atoms with van der Waals surface area (Å²) in [6.07, 6.45) is 1.86. The summed E-state index contributed by atoms with van der Waals surface area (Å²) < 4.78 is 27.4. The summed E-state index contributed by atoms with van der Waals surface area (Å²) in [6.45, 7) is 6.18. The SMILES string of the molecule is CNc1ccccc1S(=O)(=O)NC(C)CCC(C)C. The third-order valence-corrected chi connectivity index (χ3v) is 4.63. The maximum Gasteiger partial charge on any atom is 0.242 e. The highest BCUT2D eigenvalue weighted by atomic mass is 32.2. The molecule has 1 aromatic rings. The Morgan fingerprint density at radius 3 is 2.32 bits per heavy atom. The molecule has 1 atom stereocenters. The fraction of sp³-hybridized carbons (Fsp3) is 0.571. The third-order valence-electron chi connectivity index (χ3n) is 2.98. The third kappa shape index (κ3) is 4.84. The van der Waals surface area contributed by atoms with E-state index >= 15 is 0 Å². The van der Waals surface area contributed by atoms with Crippen molar-refractivity contribution in [1.82, 2.24) is 4.72 Å². The Hall–Kier alpha value is -1.07. The topological polar surface area (TPSA) is 58.2 Å². The number of hydrogen-bond donors (Lipinski definition) is 2. The van der Waals surface area contributed by atoms with E-state index in [2.05, 4.69) is 23.9 Å². The first kappa shape index (κ1) is 16.0. The minimum atomic E-state index is -3.46. The van der Waals surface area contributed by atoms with Crippen molar-refractivity contribution in [2.45, 2.75) is 44.6 Å². The number of nitrogens with one attached hydrogen (secondary N) is 2. The zero-order chi connectivity index (χ0) is 14.5. The van der Waals surface area contributed by atoms with Crippen molar-refractivity contribution in [2.24, 2.45) is 5.92 Å². The van der Waals surface area contributed by atoms with E-state index in [1.54, 1.807) is 25.2 Å². The first-order chi connectivity index (χ1) is 8.86. The maximum atomic E-state index is 12.3. The number of sulfonamides is 1. The second-order valence-corrected chi connectivity index (χ2v) is 6.92. The van der Waals surface area contributed by atoms with Crippen molar-refractivity contribution in [3.63, 3.8) is 0 Å². The monoisotopic (exact) mass is 284 g/mol. The zero-order valence-electron chi connectivity index (χ0n) is 12.1. The van der Waals surface area contributed by atoms with Crippen LogP contribution in [-0.4, -0.2) is 21.5 Å². The molecule has 0 spiro atoms. The van der Waals surface area contributed by atoms with E-state index in [1.165, 1.54) is 0 Å². The quantitative estimate of drug-likeness (QED) is 0.809. The van der Waals surface area contributed by atoms with E-state index in [0.717, 1.165) is 12.8 Å². The van der Waals surface area contributed by atoms with E-state index in [0.29, 0.717) is 16.5 Å². The smallest absolute Gasteiger partial charge is 0.242 e. The van der Waals surface area contributed by atoms with Gasteiger partial charge in [-0.25, -0.2) is 13.1 Å². The van der Waals surface area contributed by atoms with Gasteiger partial charge in [0.15, 0.2) is 0 Å². The summed E-state index contributed by atoms with van der Waals surface area (Å²) >= 11 is 0. The van der Waals surface area contributed by atoms with Crippen LogP contribution in [0, 0.1) is 5.92 Å². The van der Waals surface area contributed by atoms with Crippen LogP contribution in [0.15, 0.2) is 29.2 Å². The van der Waals surface area contributed by atoms with Crippen LogP contribution >= 0.6 is 0 Å². The molecule has 1 rings (SSSR count). The molecule has 0 saturated heterocycles. The number of benzene rings is 1. The van der Waals surface area contributed by atoms with Crippen LogP contribution in [0.2, 0.25) is 0 Å². The van der Waals surface area contributed by atoms with Crippen LogP contribution in [0.4, 0.5) is 5.69 Å². The molecule has 0 saturated carbocycles. The molecule has 2 N–H and O–H groups in total. The van der Waals surface area contributed by atoms with Gasteiger partial charge in [0.1, 0.15) is 4.90 Å². The number of hydrogen-bond acceptors (Lipinski definition) is 3. The average molecular weight is 284 g/mol. The number of anilines is 1. The van der Waals surface area contributed by atoms with E-state index in [1.807, 2.05) is 13.0 Å². The molecule has 0 aliphatic rings. The second-order valence-electron chi connectivity index (χ2n) is 5.24. The van der Waals surface area contributed by atoms with Crippen LogP contribution in [0.3, 0.4) is 0 Å². The molecule has 0 aromatic heterocycles. The lowest BCUT2D eigenvalue weighted by atomic mass is 10.1. The molecule has 1 unspecified atom stereocenters. The molecule has 108 valence electrons. The van der Waals surface area contributed by atoms with E-state index < -0.39 is 10.0 Å². The molecule has 0 bridgehead atoms. The molecule has 0 amide bonds. The van der Waals surface area contributed by atoms with Gasteiger partial charge in [0.05, 0.1) is 5.69 Å². The van der Waals surface area contributed by atoms with Crippen LogP contribution in [0.25, 0.3) is 0 Å². The van der Waals surface area contributed by atoms with Crippen molar-refractivity contribution in [2.75, 3.05) is 12.4 Å². The Labute approximate surface area is 116 Å². The van der Waals surface area contributed by atoms with Gasteiger partial charge in [0.25, 0.3) is 0 Å². The van der Waals surface area contributed by atoms with Gasteiger partial charge in [-0.3, -0.25) is 0 Å². The lowest BCUT2D eigenvalue weighted by molar-refractivity contribution is 0.485. The van der Waals surface area contributed by atoms with Crippen LogP contribution in [0.5, 0.6) is 0 Å². The summed E-state index contributed by atoms with van der Waals surface area (Å²) in [5.74, 6) is 0.580. The van der Waals surface area contributed by atoms with Gasteiger partial charge in [-0.15, -0.1) is 0 Å². The molecular formula is C14H24N2O2S. The van der Waals surface area contributed by atoms with Crippen molar-refractivity contribution >= 4 is 15.7 Å². The molecule has 0 radical (unpaired) electrons. The predicted octanol–water partition coefficient (Wildman–Crippen LogP) is 2.83. The highest BCUT2D eigenvalue weighted by Gasteiger charge is 2.20. The lowest BCUT2D eigenvalue weighted by Gasteiger charge is -2.17. The molecule has 0 fully saturated rings. The Morgan fingerprint density at radius 2 is 1.74 bits per heavy atom. The molecular weight excluding hydrogens is 260 g/mol. The summed E-state index contributed by atoms with van der Waals surface area (Å²) in [6, 6.07) is 6.86. The molecule has 5 heteroatoms. The summed E-state index contributed by atoms with van der Waals surface area (Å²) in [7, 11) is -1.74. The molecule has 4 nitrogen and oxygen atoms in total. The molecule has 0 aliphatic carbocycles. The minimum absolute atomic E-state index is 0.0580. The van der Waals surface area contributed by atoms with E-state index in [4.69, 9.17) is 0 Å². The van der Waals surface area contributed by atoms with Gasteiger partial charge >= 0.3 is 0 Å². The van der Waals surface area contributed by atoms with Crippen LogP contribution in [0.1, 0.15) is 33.6 Å². The van der Waals surface area contributed by atoms with Gasteiger partial charge in [-0.2, -0.15) is 0 Å². The molecule has 0 heterocycles. The normalized spacial score (nSPS) is 13.5. The Kier molecular flexibility index (Phi) is 5.82. The van der Waals surface area contributed by atoms with Gasteiger partial charge in [0, 0.05) is 13.1 Å². The summed E-state index contributed by atoms with van der Waals surface area (Å²) in [4.78, 5) is 0.300. The first-order valence-corrected chi connectivity index (χ1v) is 8.14. The summed E-state index contributed by atoms with van der Waals surface area (Å²) in [5.41, 5.74) is 0.617. The Bertz CT molecular complexity index is 498. The highest BCUT2D eigenvalue weighted by Crippen LogP contribution is 2.20. The fourth-order valence-corrected chi connectivity index (χ4v) is 3.37. The van der Waals surface area contributed by atoms with Crippen molar-refractivity contribution < 1.29 is 8.42 Å². The Balaban J connectivity index is 2.81. The lowest BCUT2D eigenvalue weighted by Crippen LogP contribution is -2.33. The molecule has 19 heavy (non-hydrogen) atoms. The van der Waals surface area contributed by atoms with Crippen molar-refractivity contribution in [3.8, 4) is 0 Å². The molecule has 1 aromatic carbocycles. The zero-order valence-corrected chi connectivity index (χ0v) is 12.9. The summed E-state index contributed by atoms with van der Waals surface area (Å²) in [5, 5.41) is 2.91.